The molecule has 1 fully saturated rings. The van der Waals surface area contributed by atoms with Crippen molar-refractivity contribution in [2.45, 2.75) is 43.6 Å². The van der Waals surface area contributed by atoms with Gasteiger partial charge in [0.25, 0.3) is 5.91 Å². The number of rotatable bonds is 4. The molecule has 2 aliphatic heterocycles. The molecule has 156 valence electrons. The van der Waals surface area contributed by atoms with Crippen LogP contribution in [0.15, 0.2) is 34.8 Å². The first-order valence-electron chi connectivity index (χ1n) is 9.40. The number of halogens is 4. The number of amides is 1. The van der Waals surface area contributed by atoms with Crippen molar-refractivity contribution in [3.63, 3.8) is 0 Å². The maximum absolute atomic E-state index is 13.8. The number of anilines is 1. The predicted molar refractivity (Wildman–Crippen MR) is 104 cm³/mol. The standard InChI is InChI=1S/C19H20BrF3N4O2/c20-15-16(18(28)24-10-12-7-4-8-29-12)26-27-14(19(21,22)23)9-13(25-17(15)27)11-5-2-1-3-6-11/h1-3,5-6,12-14,25H,4,7-10H2,(H,24,28). The van der Waals surface area contributed by atoms with Crippen LogP contribution in [0, 0.1) is 0 Å². The lowest BCUT2D eigenvalue weighted by Gasteiger charge is -2.33. The Morgan fingerprint density at radius 3 is 2.76 bits per heavy atom. The average Bonchev–Trinajstić information content (AvgIpc) is 3.33. The zero-order valence-electron chi connectivity index (χ0n) is 15.4. The Bertz CT molecular complexity index is 882. The van der Waals surface area contributed by atoms with Gasteiger partial charge in [-0.05, 0) is 34.3 Å². The molecule has 3 heterocycles. The summed E-state index contributed by atoms with van der Waals surface area (Å²) in [6.45, 7) is 0.956. The summed E-state index contributed by atoms with van der Waals surface area (Å²) in [6.07, 6.45) is -3.01. The molecular weight excluding hydrogens is 453 g/mol. The number of aromatic nitrogens is 2. The maximum Gasteiger partial charge on any atom is 0.410 e. The van der Waals surface area contributed by atoms with Crippen LogP contribution >= 0.6 is 15.9 Å². The fourth-order valence-corrected chi connectivity index (χ4v) is 4.29. The second-order valence-corrected chi connectivity index (χ2v) is 7.99. The number of hydrogen-bond donors (Lipinski definition) is 2. The Balaban J connectivity index is 1.62. The third-order valence-electron chi connectivity index (χ3n) is 5.23. The van der Waals surface area contributed by atoms with Gasteiger partial charge in [0.15, 0.2) is 11.7 Å². The molecule has 2 N–H and O–H groups in total. The number of alkyl halides is 3. The van der Waals surface area contributed by atoms with E-state index >= 15 is 0 Å². The van der Waals surface area contributed by atoms with E-state index in [2.05, 4.69) is 31.7 Å². The molecule has 1 aromatic heterocycles. The lowest BCUT2D eigenvalue weighted by atomic mass is 9.97. The minimum Gasteiger partial charge on any atom is -0.376 e. The van der Waals surface area contributed by atoms with Gasteiger partial charge in [0.1, 0.15) is 5.82 Å². The summed E-state index contributed by atoms with van der Waals surface area (Å²) in [4.78, 5) is 12.6. The molecule has 0 radical (unpaired) electrons. The van der Waals surface area contributed by atoms with Gasteiger partial charge in [-0.3, -0.25) is 4.79 Å². The molecule has 4 rings (SSSR count). The molecule has 1 aromatic carbocycles. The zero-order valence-corrected chi connectivity index (χ0v) is 17.0. The molecule has 3 unspecified atom stereocenters. The van der Waals surface area contributed by atoms with Crippen LogP contribution in [0.25, 0.3) is 0 Å². The first-order valence-corrected chi connectivity index (χ1v) is 10.2. The molecule has 0 aliphatic carbocycles. The number of hydrogen-bond acceptors (Lipinski definition) is 4. The van der Waals surface area contributed by atoms with Crippen LogP contribution in [0.5, 0.6) is 0 Å². The number of carbonyl (C=O) groups excluding carboxylic acids is 1. The number of nitrogens with zero attached hydrogens (tertiary/aromatic N) is 2. The third kappa shape index (κ3) is 4.13. The van der Waals surface area contributed by atoms with Crippen LogP contribution in [0.3, 0.4) is 0 Å². The smallest absolute Gasteiger partial charge is 0.376 e. The number of fused-ring (bicyclic) bond motifs is 1. The fourth-order valence-electron chi connectivity index (χ4n) is 3.73. The number of benzene rings is 1. The van der Waals surface area contributed by atoms with Crippen LogP contribution < -0.4 is 10.6 Å². The lowest BCUT2D eigenvalue weighted by Crippen LogP contribution is -2.36. The van der Waals surface area contributed by atoms with E-state index in [4.69, 9.17) is 4.74 Å². The van der Waals surface area contributed by atoms with Gasteiger partial charge in [0, 0.05) is 19.6 Å². The molecule has 1 saturated heterocycles. The summed E-state index contributed by atoms with van der Waals surface area (Å²) in [5, 5.41) is 9.82. The summed E-state index contributed by atoms with van der Waals surface area (Å²) in [5.74, 6) is -0.386. The van der Waals surface area contributed by atoms with Crippen molar-refractivity contribution in [3.8, 4) is 0 Å². The van der Waals surface area contributed by atoms with Gasteiger partial charge in [-0.2, -0.15) is 18.3 Å². The van der Waals surface area contributed by atoms with Crippen molar-refractivity contribution < 1.29 is 22.7 Å². The summed E-state index contributed by atoms with van der Waals surface area (Å²) in [7, 11) is 0. The van der Waals surface area contributed by atoms with E-state index in [9.17, 15) is 18.0 Å². The van der Waals surface area contributed by atoms with E-state index in [1.54, 1.807) is 24.3 Å². The largest absolute Gasteiger partial charge is 0.410 e. The topological polar surface area (TPSA) is 68.2 Å². The van der Waals surface area contributed by atoms with Crippen LogP contribution in [-0.2, 0) is 4.74 Å². The minimum atomic E-state index is -4.50. The van der Waals surface area contributed by atoms with Crippen molar-refractivity contribution in [2.24, 2.45) is 0 Å². The fraction of sp³-hybridized carbons (Fsp3) is 0.474. The molecule has 10 heteroatoms. The van der Waals surface area contributed by atoms with Gasteiger partial charge in [-0.15, -0.1) is 0 Å². The first kappa shape index (κ1) is 20.2. The van der Waals surface area contributed by atoms with Crippen molar-refractivity contribution in [1.82, 2.24) is 15.1 Å². The molecule has 29 heavy (non-hydrogen) atoms. The molecule has 0 spiro atoms. The van der Waals surface area contributed by atoms with E-state index in [1.165, 1.54) is 0 Å². The number of nitrogens with one attached hydrogen (secondary N) is 2. The van der Waals surface area contributed by atoms with Crippen LogP contribution in [0.4, 0.5) is 19.0 Å². The highest BCUT2D eigenvalue weighted by molar-refractivity contribution is 9.10. The van der Waals surface area contributed by atoms with E-state index in [1.807, 2.05) is 6.07 Å². The summed E-state index contributed by atoms with van der Waals surface area (Å²) >= 11 is 3.28. The molecule has 2 aromatic rings. The summed E-state index contributed by atoms with van der Waals surface area (Å²) in [6, 6.07) is 6.55. The van der Waals surface area contributed by atoms with E-state index in [-0.39, 0.29) is 28.5 Å². The Kier molecular flexibility index (Phi) is 5.56. The highest BCUT2D eigenvalue weighted by Gasteiger charge is 2.47. The van der Waals surface area contributed by atoms with Crippen molar-refractivity contribution >= 4 is 27.7 Å². The normalized spacial score (nSPS) is 24.1. The van der Waals surface area contributed by atoms with Crippen LogP contribution in [0.1, 0.15) is 47.4 Å². The van der Waals surface area contributed by atoms with Gasteiger partial charge >= 0.3 is 6.18 Å². The van der Waals surface area contributed by atoms with Gasteiger partial charge in [-0.1, -0.05) is 30.3 Å². The van der Waals surface area contributed by atoms with Crippen molar-refractivity contribution in [3.05, 3.63) is 46.1 Å². The molecule has 2 aliphatic rings. The second kappa shape index (κ2) is 7.98. The molecule has 6 nitrogen and oxygen atoms in total. The Hall–Kier alpha value is -2.07. The van der Waals surface area contributed by atoms with E-state index in [0.717, 1.165) is 23.1 Å². The number of ether oxygens (including phenoxy) is 1. The Morgan fingerprint density at radius 1 is 1.34 bits per heavy atom. The SMILES string of the molecule is O=C(NCC1CCCO1)c1nn2c(c1Br)NC(c1ccccc1)CC2C(F)(F)F. The van der Waals surface area contributed by atoms with Gasteiger partial charge in [-0.25, -0.2) is 4.68 Å². The third-order valence-corrected chi connectivity index (χ3v) is 5.98. The quantitative estimate of drug-likeness (QED) is 0.698. The number of carbonyl (C=O) groups is 1. The maximum atomic E-state index is 13.8. The lowest BCUT2D eigenvalue weighted by molar-refractivity contribution is -0.173. The van der Waals surface area contributed by atoms with Crippen molar-refractivity contribution in [2.75, 3.05) is 18.5 Å². The minimum absolute atomic E-state index is 0.0709. The summed E-state index contributed by atoms with van der Waals surface area (Å²) in [5.41, 5.74) is 0.666. The second-order valence-electron chi connectivity index (χ2n) is 7.20. The molecule has 0 saturated carbocycles. The van der Waals surface area contributed by atoms with Gasteiger partial charge < -0.3 is 15.4 Å². The van der Waals surface area contributed by atoms with Gasteiger partial charge in [0.05, 0.1) is 16.6 Å². The highest BCUT2D eigenvalue weighted by atomic mass is 79.9. The molecule has 0 bridgehead atoms. The average molecular weight is 473 g/mol. The molecular formula is C19H20BrF3N4O2. The monoisotopic (exact) mass is 472 g/mol. The Labute approximate surface area is 173 Å². The Morgan fingerprint density at radius 2 is 2.10 bits per heavy atom. The van der Waals surface area contributed by atoms with Gasteiger partial charge in [0.2, 0.25) is 0 Å². The van der Waals surface area contributed by atoms with Crippen LogP contribution in [-0.4, -0.2) is 41.1 Å². The predicted octanol–water partition coefficient (Wildman–Crippen LogP) is 4.21. The summed E-state index contributed by atoms with van der Waals surface area (Å²) < 4.78 is 47.9. The van der Waals surface area contributed by atoms with Crippen LogP contribution in [0.2, 0.25) is 0 Å². The first-order chi connectivity index (χ1) is 13.8. The highest BCUT2D eigenvalue weighted by Crippen LogP contribution is 2.46. The molecule has 3 atom stereocenters. The van der Waals surface area contributed by atoms with Crippen molar-refractivity contribution in [1.29, 1.82) is 0 Å². The molecule has 1 amide bonds. The van der Waals surface area contributed by atoms with E-state index in [0.29, 0.717) is 13.2 Å². The zero-order chi connectivity index (χ0) is 20.6. The van der Waals surface area contributed by atoms with E-state index < -0.39 is 24.2 Å².